The van der Waals surface area contributed by atoms with E-state index in [-0.39, 0.29) is 29.5 Å². The Morgan fingerprint density at radius 1 is 1.23 bits per heavy atom. The first-order valence-electron chi connectivity index (χ1n) is 9.53. The van der Waals surface area contributed by atoms with Gasteiger partial charge < -0.3 is 25.3 Å². The maximum absolute atomic E-state index is 11.4. The van der Waals surface area contributed by atoms with E-state index in [0.717, 1.165) is 11.1 Å². The van der Waals surface area contributed by atoms with Crippen LogP contribution in [0.25, 0.3) is 0 Å². The molecule has 1 aromatic heterocycles. The van der Waals surface area contributed by atoms with Crippen molar-refractivity contribution in [1.82, 2.24) is 9.97 Å². The number of hydrogen-bond donors (Lipinski definition) is 2. The molecule has 1 saturated heterocycles. The van der Waals surface area contributed by atoms with Gasteiger partial charge in [0.25, 0.3) is 0 Å². The van der Waals surface area contributed by atoms with Gasteiger partial charge in [-0.3, -0.25) is 10.1 Å². The van der Waals surface area contributed by atoms with E-state index in [1.54, 1.807) is 0 Å². The van der Waals surface area contributed by atoms with E-state index in [9.17, 15) is 10.1 Å². The van der Waals surface area contributed by atoms with E-state index in [2.05, 4.69) is 15.3 Å². The average Bonchev–Trinajstić information content (AvgIpc) is 3.16. The molecular formula is C20H23N5O5. The molecule has 0 bridgehead atoms. The monoisotopic (exact) mass is 413 g/mol. The molecule has 1 aromatic carbocycles. The number of nitrogen functional groups attached to an aromatic ring is 1. The van der Waals surface area contributed by atoms with E-state index in [1.807, 2.05) is 50.3 Å². The van der Waals surface area contributed by atoms with Gasteiger partial charge in [-0.05, 0) is 25.0 Å². The molecule has 1 aliphatic carbocycles. The van der Waals surface area contributed by atoms with Gasteiger partial charge in [0.05, 0.1) is 24.2 Å². The molecular weight excluding hydrogens is 390 g/mol. The lowest BCUT2D eigenvalue weighted by atomic mass is 10.1. The van der Waals surface area contributed by atoms with Crippen LogP contribution in [-0.2, 0) is 20.8 Å². The maximum atomic E-state index is 11.4. The lowest BCUT2D eigenvalue weighted by molar-refractivity contribution is -0.383. The van der Waals surface area contributed by atoms with Gasteiger partial charge in [0, 0.05) is 0 Å². The number of nitro groups is 1. The van der Waals surface area contributed by atoms with Gasteiger partial charge in [-0.1, -0.05) is 36.4 Å². The van der Waals surface area contributed by atoms with Crippen molar-refractivity contribution >= 4 is 17.3 Å². The van der Waals surface area contributed by atoms with Gasteiger partial charge in [-0.2, -0.15) is 0 Å². The van der Waals surface area contributed by atoms with Crippen molar-refractivity contribution in [2.45, 2.75) is 44.5 Å². The molecule has 0 unspecified atom stereocenters. The first kappa shape index (κ1) is 20.2. The highest BCUT2D eigenvalue weighted by Gasteiger charge is 2.50. The molecule has 0 saturated carbocycles. The van der Waals surface area contributed by atoms with Crippen LogP contribution in [0.3, 0.4) is 0 Å². The number of nitrogens with one attached hydrogen (secondary N) is 1. The number of rotatable bonds is 7. The minimum Gasteiger partial charge on any atom is -0.378 e. The maximum Gasteiger partial charge on any atom is 0.353 e. The van der Waals surface area contributed by atoms with Gasteiger partial charge in [0.1, 0.15) is 18.5 Å². The van der Waals surface area contributed by atoms with Crippen LogP contribution in [0.1, 0.15) is 19.4 Å². The molecule has 3 N–H and O–H groups in total. The zero-order valence-corrected chi connectivity index (χ0v) is 16.6. The Morgan fingerprint density at radius 2 is 2.00 bits per heavy atom. The molecule has 10 heteroatoms. The molecule has 0 amide bonds. The second-order valence-corrected chi connectivity index (χ2v) is 7.62. The summed E-state index contributed by atoms with van der Waals surface area (Å²) in [5, 5.41) is 14.5. The summed E-state index contributed by atoms with van der Waals surface area (Å²) in [5.74, 6) is -0.955. The number of benzene rings is 1. The molecule has 3 atom stereocenters. The molecule has 0 spiro atoms. The predicted octanol–water partition coefficient (Wildman–Crippen LogP) is 2.42. The summed E-state index contributed by atoms with van der Waals surface area (Å²) in [7, 11) is 0. The first-order chi connectivity index (χ1) is 14.3. The van der Waals surface area contributed by atoms with Gasteiger partial charge in [-0.25, -0.2) is 9.97 Å². The highest BCUT2D eigenvalue weighted by molar-refractivity contribution is 5.68. The van der Waals surface area contributed by atoms with Crippen molar-refractivity contribution in [2.75, 3.05) is 17.7 Å². The third-order valence-corrected chi connectivity index (χ3v) is 4.96. The summed E-state index contributed by atoms with van der Waals surface area (Å²) >= 11 is 0. The van der Waals surface area contributed by atoms with Crippen LogP contribution in [0.5, 0.6) is 0 Å². The summed E-state index contributed by atoms with van der Waals surface area (Å²) in [6.07, 6.45) is 2.38. The minimum absolute atomic E-state index is 0.0345. The Morgan fingerprint density at radius 3 is 2.73 bits per heavy atom. The molecule has 2 aliphatic rings. The summed E-state index contributed by atoms with van der Waals surface area (Å²) < 4.78 is 18.0. The summed E-state index contributed by atoms with van der Waals surface area (Å²) in [6, 6.07) is 9.45. The zero-order valence-electron chi connectivity index (χ0n) is 16.6. The topological polar surface area (TPSA) is 135 Å². The van der Waals surface area contributed by atoms with Crippen LogP contribution in [0.15, 0.2) is 48.3 Å². The third-order valence-electron chi connectivity index (χ3n) is 4.96. The molecule has 1 aliphatic heterocycles. The predicted molar refractivity (Wildman–Crippen MR) is 109 cm³/mol. The Kier molecular flexibility index (Phi) is 5.37. The van der Waals surface area contributed by atoms with Gasteiger partial charge in [-0.15, -0.1) is 0 Å². The van der Waals surface area contributed by atoms with Crippen LogP contribution in [0, 0.1) is 10.1 Å². The van der Waals surface area contributed by atoms with Crippen molar-refractivity contribution in [3.05, 3.63) is 64.0 Å². The van der Waals surface area contributed by atoms with Crippen molar-refractivity contribution in [3.8, 4) is 0 Å². The molecule has 2 heterocycles. The van der Waals surface area contributed by atoms with Crippen LogP contribution < -0.4 is 11.1 Å². The Balaban J connectivity index is 1.52. The van der Waals surface area contributed by atoms with E-state index in [1.165, 1.54) is 6.33 Å². The Hall–Kier alpha value is -3.08. The third kappa shape index (κ3) is 4.11. The van der Waals surface area contributed by atoms with Crippen LogP contribution >= 0.6 is 0 Å². The largest absolute Gasteiger partial charge is 0.378 e. The average molecular weight is 413 g/mol. The fraction of sp³-hybridized carbons (Fsp3) is 0.400. The highest BCUT2D eigenvalue weighted by Crippen LogP contribution is 2.40. The summed E-state index contributed by atoms with van der Waals surface area (Å²) in [5.41, 5.74) is 7.28. The molecule has 30 heavy (non-hydrogen) atoms. The molecule has 4 rings (SSSR count). The quantitative estimate of drug-likeness (QED) is 0.398. The Bertz CT molecular complexity index is 965. The highest BCUT2D eigenvalue weighted by atomic mass is 16.8. The number of nitrogens with zero attached hydrogens (tertiary/aromatic N) is 3. The van der Waals surface area contributed by atoms with E-state index in [0.29, 0.717) is 13.2 Å². The van der Waals surface area contributed by atoms with Crippen molar-refractivity contribution in [3.63, 3.8) is 0 Å². The smallest absolute Gasteiger partial charge is 0.353 e. The lowest BCUT2D eigenvalue weighted by Gasteiger charge is -2.21. The van der Waals surface area contributed by atoms with Gasteiger partial charge in [0.15, 0.2) is 5.79 Å². The van der Waals surface area contributed by atoms with Crippen LogP contribution in [0.4, 0.5) is 17.3 Å². The molecule has 2 aromatic rings. The van der Waals surface area contributed by atoms with E-state index < -0.39 is 16.8 Å². The number of nitrogens with two attached hydrogens (primary N) is 1. The number of aromatic nitrogens is 2. The number of fused-ring (bicyclic) bond motifs is 1. The second-order valence-electron chi connectivity index (χ2n) is 7.62. The lowest BCUT2D eigenvalue weighted by Crippen LogP contribution is -2.35. The fourth-order valence-corrected chi connectivity index (χ4v) is 3.71. The van der Waals surface area contributed by atoms with E-state index in [4.69, 9.17) is 19.9 Å². The molecule has 10 nitrogen and oxygen atoms in total. The number of ether oxygens (including phenoxy) is 3. The van der Waals surface area contributed by atoms with Crippen LogP contribution in [-0.4, -0.2) is 45.5 Å². The zero-order chi connectivity index (χ0) is 21.3. The summed E-state index contributed by atoms with van der Waals surface area (Å²) in [4.78, 5) is 18.5. The fourth-order valence-electron chi connectivity index (χ4n) is 3.71. The SMILES string of the molecule is CC1(C)O[C@@H]2[C@H](O1)C(COCc1ccccc1)=C[C@H]2Nc1ncnc(N)c1[N+](=O)[O-]. The van der Waals surface area contributed by atoms with Crippen molar-refractivity contribution in [2.24, 2.45) is 0 Å². The van der Waals surface area contributed by atoms with Crippen LogP contribution in [0.2, 0.25) is 0 Å². The number of hydrogen-bond acceptors (Lipinski definition) is 9. The van der Waals surface area contributed by atoms with Gasteiger partial charge >= 0.3 is 5.69 Å². The second kappa shape index (κ2) is 7.98. The summed E-state index contributed by atoms with van der Waals surface area (Å²) in [6.45, 7) is 4.47. The first-order valence-corrected chi connectivity index (χ1v) is 9.53. The number of anilines is 2. The molecule has 1 fully saturated rings. The Labute approximate surface area is 173 Å². The van der Waals surface area contributed by atoms with Crippen molar-refractivity contribution < 1.29 is 19.1 Å². The molecule has 0 radical (unpaired) electrons. The molecule has 158 valence electrons. The van der Waals surface area contributed by atoms with E-state index >= 15 is 0 Å². The van der Waals surface area contributed by atoms with Crippen molar-refractivity contribution in [1.29, 1.82) is 0 Å². The standard InChI is InChI=1S/C20H23N5O5/c1-20(2)29-16-13(10-28-9-12-6-4-3-5-7-12)8-14(17(16)30-20)24-19-15(25(26)27)18(21)22-11-23-19/h3-8,11,14,16-17H,9-10H2,1-2H3,(H3,21,22,23,24)/t14-,16-,17+/m1/s1. The normalized spacial score (nSPS) is 24.3. The minimum atomic E-state index is -0.787. The van der Waals surface area contributed by atoms with Gasteiger partial charge in [0.2, 0.25) is 11.6 Å².